The van der Waals surface area contributed by atoms with E-state index in [0.717, 1.165) is 24.1 Å². The zero-order valence-electron chi connectivity index (χ0n) is 11.3. The van der Waals surface area contributed by atoms with Gasteiger partial charge in [0.2, 0.25) is 0 Å². The molecule has 0 radical (unpaired) electrons. The first-order chi connectivity index (χ1) is 7.99. The lowest BCUT2D eigenvalue weighted by Crippen LogP contribution is -2.32. The number of hydrogen-bond acceptors (Lipinski definition) is 2. The second-order valence-corrected chi connectivity index (χ2v) is 5.83. The van der Waals surface area contributed by atoms with E-state index in [2.05, 4.69) is 72.2 Å². The van der Waals surface area contributed by atoms with Gasteiger partial charge in [0.1, 0.15) is 0 Å². The van der Waals surface area contributed by atoms with Crippen LogP contribution >= 0.6 is 15.9 Å². The molecule has 0 amide bonds. The Kier molecular flexibility index (Phi) is 6.17. The van der Waals surface area contributed by atoms with E-state index in [1.165, 1.54) is 11.1 Å². The molecule has 2 nitrogen and oxygen atoms in total. The van der Waals surface area contributed by atoms with Crippen LogP contribution in [-0.4, -0.2) is 31.1 Å². The number of likely N-dealkylation sites (N-methyl/N-ethyl adjacent to an activating group) is 1. The molecule has 0 spiro atoms. The van der Waals surface area contributed by atoms with Gasteiger partial charge in [-0.05, 0) is 37.2 Å². The number of benzene rings is 1. The summed E-state index contributed by atoms with van der Waals surface area (Å²) in [6.07, 6.45) is 0. The highest BCUT2D eigenvalue weighted by atomic mass is 79.9. The molecule has 0 atom stereocenters. The summed E-state index contributed by atoms with van der Waals surface area (Å²) < 4.78 is 1.16. The smallest absolute Gasteiger partial charge is 0.0233 e. The number of nitrogens with zero attached hydrogens (tertiary/aromatic N) is 1. The van der Waals surface area contributed by atoms with E-state index in [1.807, 2.05) is 0 Å². The molecule has 0 bridgehead atoms. The Morgan fingerprint density at radius 3 is 2.65 bits per heavy atom. The molecule has 3 heteroatoms. The van der Waals surface area contributed by atoms with Crippen LogP contribution < -0.4 is 5.32 Å². The fourth-order valence-electron chi connectivity index (χ4n) is 1.75. The minimum Gasteiger partial charge on any atom is -0.313 e. The first-order valence-corrected chi connectivity index (χ1v) is 6.95. The maximum atomic E-state index is 3.50. The molecule has 1 aromatic rings. The van der Waals surface area contributed by atoms with E-state index in [4.69, 9.17) is 0 Å². The first-order valence-electron chi connectivity index (χ1n) is 6.16. The molecular formula is C14H23BrN2. The Balaban J connectivity index is 2.42. The van der Waals surface area contributed by atoms with Gasteiger partial charge in [-0.1, -0.05) is 35.8 Å². The molecule has 0 aliphatic rings. The molecule has 96 valence electrons. The molecule has 0 saturated heterocycles. The largest absolute Gasteiger partial charge is 0.313 e. The van der Waals surface area contributed by atoms with Crippen molar-refractivity contribution in [2.45, 2.75) is 33.4 Å². The lowest BCUT2D eigenvalue weighted by Gasteiger charge is -2.19. The van der Waals surface area contributed by atoms with Crippen LogP contribution in [0.1, 0.15) is 25.0 Å². The van der Waals surface area contributed by atoms with Gasteiger partial charge in [-0.25, -0.2) is 0 Å². The standard InChI is InChI=1S/C14H23BrN2/c1-11(2)16-7-8-17(4)10-13-5-6-14(15)9-12(13)3/h5-6,9,11,16H,7-8,10H2,1-4H3. The second kappa shape index (κ2) is 7.14. The summed E-state index contributed by atoms with van der Waals surface area (Å²) in [5.74, 6) is 0. The van der Waals surface area contributed by atoms with Crippen LogP contribution in [0.25, 0.3) is 0 Å². The highest BCUT2D eigenvalue weighted by molar-refractivity contribution is 9.10. The summed E-state index contributed by atoms with van der Waals surface area (Å²) in [7, 11) is 2.17. The lowest BCUT2D eigenvalue weighted by molar-refractivity contribution is 0.319. The molecule has 0 aliphatic carbocycles. The molecule has 1 N–H and O–H groups in total. The number of aryl methyl sites for hydroxylation is 1. The molecule has 17 heavy (non-hydrogen) atoms. The topological polar surface area (TPSA) is 15.3 Å². The van der Waals surface area contributed by atoms with Crippen LogP contribution in [0.2, 0.25) is 0 Å². The molecule has 0 heterocycles. The molecule has 0 aromatic heterocycles. The fraction of sp³-hybridized carbons (Fsp3) is 0.571. The number of hydrogen-bond donors (Lipinski definition) is 1. The van der Waals surface area contributed by atoms with Gasteiger partial charge in [-0.2, -0.15) is 0 Å². The van der Waals surface area contributed by atoms with Crippen LogP contribution in [0.3, 0.4) is 0 Å². The number of rotatable bonds is 6. The van der Waals surface area contributed by atoms with Crippen LogP contribution in [0.15, 0.2) is 22.7 Å². The number of halogens is 1. The summed E-state index contributed by atoms with van der Waals surface area (Å²) in [5, 5.41) is 3.44. The number of nitrogens with one attached hydrogen (secondary N) is 1. The zero-order chi connectivity index (χ0) is 12.8. The van der Waals surface area contributed by atoms with Crippen LogP contribution in [0.5, 0.6) is 0 Å². The van der Waals surface area contributed by atoms with Crippen molar-refractivity contribution in [2.75, 3.05) is 20.1 Å². The second-order valence-electron chi connectivity index (χ2n) is 4.92. The highest BCUT2D eigenvalue weighted by Gasteiger charge is 2.03. The van der Waals surface area contributed by atoms with Crippen molar-refractivity contribution < 1.29 is 0 Å². The quantitative estimate of drug-likeness (QED) is 0.868. The van der Waals surface area contributed by atoms with Crippen molar-refractivity contribution in [1.29, 1.82) is 0 Å². The zero-order valence-corrected chi connectivity index (χ0v) is 12.8. The van der Waals surface area contributed by atoms with Crippen molar-refractivity contribution in [3.05, 3.63) is 33.8 Å². The van der Waals surface area contributed by atoms with Crippen molar-refractivity contribution in [2.24, 2.45) is 0 Å². The van der Waals surface area contributed by atoms with Crippen LogP contribution in [0, 0.1) is 6.92 Å². The van der Waals surface area contributed by atoms with Gasteiger partial charge >= 0.3 is 0 Å². The van der Waals surface area contributed by atoms with Gasteiger partial charge in [0, 0.05) is 30.1 Å². The lowest BCUT2D eigenvalue weighted by atomic mass is 10.1. The van der Waals surface area contributed by atoms with Gasteiger partial charge in [0.15, 0.2) is 0 Å². The van der Waals surface area contributed by atoms with E-state index in [9.17, 15) is 0 Å². The van der Waals surface area contributed by atoms with Gasteiger partial charge in [-0.15, -0.1) is 0 Å². The minimum absolute atomic E-state index is 0.567. The van der Waals surface area contributed by atoms with E-state index < -0.39 is 0 Å². The summed E-state index contributed by atoms with van der Waals surface area (Å²) in [5.41, 5.74) is 2.75. The third kappa shape index (κ3) is 5.66. The maximum absolute atomic E-state index is 3.50. The van der Waals surface area contributed by atoms with Gasteiger partial charge in [0.05, 0.1) is 0 Å². The van der Waals surface area contributed by atoms with Crippen molar-refractivity contribution in [3.8, 4) is 0 Å². The molecular weight excluding hydrogens is 276 g/mol. The average molecular weight is 299 g/mol. The average Bonchev–Trinajstić information content (AvgIpc) is 2.21. The molecule has 0 aliphatic heterocycles. The van der Waals surface area contributed by atoms with E-state index in [0.29, 0.717) is 6.04 Å². The minimum atomic E-state index is 0.567. The van der Waals surface area contributed by atoms with E-state index in [1.54, 1.807) is 0 Å². The predicted octanol–water partition coefficient (Wildman–Crippen LogP) is 3.19. The van der Waals surface area contributed by atoms with Crippen LogP contribution in [0.4, 0.5) is 0 Å². The Morgan fingerprint density at radius 2 is 2.06 bits per heavy atom. The normalized spacial score (nSPS) is 11.5. The van der Waals surface area contributed by atoms with Gasteiger partial charge in [-0.3, -0.25) is 0 Å². The summed E-state index contributed by atoms with van der Waals surface area (Å²) in [6.45, 7) is 9.66. The Hall–Kier alpha value is -0.380. The summed E-state index contributed by atoms with van der Waals surface area (Å²) in [6, 6.07) is 7.06. The van der Waals surface area contributed by atoms with Gasteiger partial charge in [0.25, 0.3) is 0 Å². The summed E-state index contributed by atoms with van der Waals surface area (Å²) in [4.78, 5) is 2.35. The predicted molar refractivity (Wildman–Crippen MR) is 78.4 cm³/mol. The van der Waals surface area contributed by atoms with Gasteiger partial charge < -0.3 is 10.2 Å². The van der Waals surface area contributed by atoms with Crippen molar-refractivity contribution >= 4 is 15.9 Å². The molecule has 0 fully saturated rings. The first kappa shape index (κ1) is 14.7. The highest BCUT2D eigenvalue weighted by Crippen LogP contribution is 2.16. The van der Waals surface area contributed by atoms with E-state index >= 15 is 0 Å². The monoisotopic (exact) mass is 298 g/mol. The fourth-order valence-corrected chi connectivity index (χ4v) is 2.23. The molecule has 1 rings (SSSR count). The Bertz CT molecular complexity index is 350. The van der Waals surface area contributed by atoms with Crippen molar-refractivity contribution in [1.82, 2.24) is 10.2 Å². The molecule has 0 unspecified atom stereocenters. The summed E-state index contributed by atoms with van der Waals surface area (Å²) >= 11 is 3.50. The van der Waals surface area contributed by atoms with Crippen molar-refractivity contribution in [3.63, 3.8) is 0 Å². The SMILES string of the molecule is Cc1cc(Br)ccc1CN(C)CCNC(C)C. The maximum Gasteiger partial charge on any atom is 0.0233 e. The molecule has 0 saturated carbocycles. The Morgan fingerprint density at radius 1 is 1.35 bits per heavy atom. The van der Waals surface area contributed by atoms with Crippen LogP contribution in [-0.2, 0) is 6.54 Å². The van der Waals surface area contributed by atoms with E-state index in [-0.39, 0.29) is 0 Å². The Labute approximate surface area is 114 Å². The third-order valence-corrected chi connectivity index (χ3v) is 3.28. The third-order valence-electron chi connectivity index (χ3n) is 2.79. The molecule has 1 aromatic carbocycles.